The minimum absolute atomic E-state index is 0. The number of carbonyl (C=O) groups is 1. The van der Waals surface area contributed by atoms with Crippen molar-refractivity contribution < 1.29 is 9.53 Å². The third-order valence-electron chi connectivity index (χ3n) is 4.91. The highest BCUT2D eigenvalue weighted by atomic mass is 79.9. The van der Waals surface area contributed by atoms with E-state index in [1.165, 1.54) is 77.0 Å². The van der Waals surface area contributed by atoms with Crippen molar-refractivity contribution in [2.75, 3.05) is 13.1 Å². The Morgan fingerprint density at radius 2 is 1.11 bits per heavy atom. The van der Waals surface area contributed by atoms with Gasteiger partial charge in [-0.25, -0.2) is 4.79 Å². The fraction of sp³-hybridized carbons (Fsp3) is 0.875. The highest BCUT2D eigenvalue weighted by Crippen LogP contribution is 2.11. The number of unbranched alkanes of at least 4 members (excludes halogenated alkanes) is 11. The van der Waals surface area contributed by atoms with Gasteiger partial charge in [0.2, 0.25) is 0 Å². The summed E-state index contributed by atoms with van der Waals surface area (Å²) in [6, 6.07) is 0. The van der Waals surface area contributed by atoms with Crippen LogP contribution in [0.5, 0.6) is 0 Å². The van der Waals surface area contributed by atoms with E-state index in [0.29, 0.717) is 5.57 Å². The molecule has 0 N–H and O–H groups in total. The summed E-state index contributed by atoms with van der Waals surface area (Å²) in [5.74, 6) is -0.320. The topological polar surface area (TPSA) is 29.5 Å². The summed E-state index contributed by atoms with van der Waals surface area (Å²) >= 11 is 0. The van der Waals surface area contributed by atoms with Gasteiger partial charge in [-0.1, -0.05) is 111 Å². The van der Waals surface area contributed by atoms with Gasteiger partial charge in [0.25, 0.3) is 0 Å². The maximum Gasteiger partial charge on any atom is 0.334 e. The fourth-order valence-corrected chi connectivity index (χ4v) is 2.98. The van der Waals surface area contributed by atoms with Crippen LogP contribution in [-0.2, 0) is 9.53 Å². The van der Waals surface area contributed by atoms with Crippen molar-refractivity contribution in [1.29, 1.82) is 0 Å². The van der Waals surface area contributed by atoms with Gasteiger partial charge in [0.15, 0.2) is 6.23 Å². The molecule has 0 aromatic rings. The Labute approximate surface area is 187 Å². The number of nitrogens with zero attached hydrogens (tertiary/aromatic N) is 1. The van der Waals surface area contributed by atoms with E-state index in [9.17, 15) is 4.79 Å². The zero-order valence-corrected chi connectivity index (χ0v) is 21.6. The van der Waals surface area contributed by atoms with Gasteiger partial charge in [-0.15, -0.1) is 17.0 Å². The van der Waals surface area contributed by atoms with Gasteiger partial charge >= 0.3 is 5.97 Å². The first-order chi connectivity index (χ1) is 12.9. The molecule has 0 rings (SSSR count). The second-order valence-corrected chi connectivity index (χ2v) is 7.54. The van der Waals surface area contributed by atoms with Crippen LogP contribution in [0.2, 0.25) is 0 Å². The quantitative estimate of drug-likeness (QED) is 0.100. The third-order valence-corrected chi connectivity index (χ3v) is 4.91. The van der Waals surface area contributed by atoms with Crippen molar-refractivity contribution in [1.82, 2.24) is 4.90 Å². The lowest BCUT2D eigenvalue weighted by molar-refractivity contribution is -0.152. The van der Waals surface area contributed by atoms with Crippen molar-refractivity contribution in [2.45, 2.75) is 125 Å². The minimum atomic E-state index is -0.320. The number of ether oxygens (including phenoxy) is 1. The Morgan fingerprint density at radius 1 is 0.786 bits per heavy atom. The summed E-state index contributed by atoms with van der Waals surface area (Å²) in [6.07, 6.45) is 17.3. The van der Waals surface area contributed by atoms with Gasteiger partial charge < -0.3 is 4.74 Å². The molecular weight excluding hydrogens is 414 g/mol. The maximum absolute atomic E-state index is 11.1. The lowest BCUT2D eigenvalue weighted by Crippen LogP contribution is -2.36. The van der Waals surface area contributed by atoms with Crippen LogP contribution in [0.1, 0.15) is 119 Å². The molecule has 4 heteroatoms. The second kappa shape index (κ2) is 24.7. The molecule has 28 heavy (non-hydrogen) atoms. The molecule has 170 valence electrons. The van der Waals surface area contributed by atoms with E-state index in [2.05, 4.69) is 25.3 Å². The summed E-state index contributed by atoms with van der Waals surface area (Å²) in [5, 5.41) is 0. The monoisotopic (exact) mass is 463 g/mol. The van der Waals surface area contributed by atoms with E-state index in [-0.39, 0.29) is 29.2 Å². The summed E-state index contributed by atoms with van der Waals surface area (Å²) < 4.78 is 5.14. The van der Waals surface area contributed by atoms with Gasteiger partial charge in [-0.05, 0) is 26.9 Å². The lowest BCUT2D eigenvalue weighted by atomic mass is 10.1. The lowest BCUT2D eigenvalue weighted by Gasteiger charge is -2.25. The molecule has 0 heterocycles. The number of rotatable bonds is 16. The molecule has 0 aromatic carbocycles. The van der Waals surface area contributed by atoms with Crippen LogP contribution in [0.15, 0.2) is 12.2 Å². The predicted molar refractivity (Wildman–Crippen MR) is 130 cm³/mol. The third kappa shape index (κ3) is 21.9. The minimum Gasteiger partial charge on any atom is -0.443 e. The number of hydrogen-bond acceptors (Lipinski definition) is 3. The largest absolute Gasteiger partial charge is 0.443 e. The van der Waals surface area contributed by atoms with Crippen LogP contribution in [0, 0.1) is 0 Å². The number of halogens is 1. The molecule has 3 nitrogen and oxygen atoms in total. The smallest absolute Gasteiger partial charge is 0.334 e. The molecule has 0 amide bonds. The molecule has 0 fully saturated rings. The van der Waals surface area contributed by atoms with E-state index in [4.69, 9.17) is 4.74 Å². The fourth-order valence-electron chi connectivity index (χ4n) is 2.98. The number of esters is 1. The molecule has 0 aromatic heterocycles. The van der Waals surface area contributed by atoms with Gasteiger partial charge in [-0.3, -0.25) is 4.90 Å². The van der Waals surface area contributed by atoms with Crippen LogP contribution >= 0.6 is 17.0 Å². The highest BCUT2D eigenvalue weighted by molar-refractivity contribution is 8.93. The number of carbonyl (C=O) groups excluding carboxylic acids is 1. The van der Waals surface area contributed by atoms with Crippen LogP contribution in [0.4, 0.5) is 0 Å². The van der Waals surface area contributed by atoms with E-state index in [1.807, 2.05) is 20.8 Å². The molecule has 0 aliphatic rings. The Morgan fingerprint density at radius 3 is 1.36 bits per heavy atom. The van der Waals surface area contributed by atoms with E-state index in [1.54, 1.807) is 6.92 Å². The Kier molecular flexibility index (Phi) is 28.5. The van der Waals surface area contributed by atoms with Crippen molar-refractivity contribution in [2.24, 2.45) is 0 Å². The van der Waals surface area contributed by atoms with Crippen molar-refractivity contribution in [3.05, 3.63) is 12.2 Å². The first-order valence-corrected chi connectivity index (χ1v) is 11.5. The molecule has 0 saturated heterocycles. The van der Waals surface area contributed by atoms with Crippen molar-refractivity contribution in [3.8, 4) is 0 Å². The first kappa shape index (κ1) is 32.3. The molecule has 0 saturated carbocycles. The first-order valence-electron chi connectivity index (χ1n) is 11.5. The zero-order valence-electron chi connectivity index (χ0n) is 19.9. The molecule has 1 unspecified atom stereocenters. The van der Waals surface area contributed by atoms with Gasteiger partial charge in [0, 0.05) is 5.57 Å². The Bertz CT molecular complexity index is 331. The summed E-state index contributed by atoms with van der Waals surface area (Å²) in [6.45, 7) is 17.4. The van der Waals surface area contributed by atoms with Crippen LogP contribution in [0.3, 0.4) is 0 Å². The van der Waals surface area contributed by atoms with Crippen LogP contribution in [-0.4, -0.2) is 30.2 Å². The summed E-state index contributed by atoms with van der Waals surface area (Å²) in [7, 11) is 0. The van der Waals surface area contributed by atoms with Crippen LogP contribution in [0.25, 0.3) is 0 Å². The molecule has 0 spiro atoms. The van der Waals surface area contributed by atoms with Crippen molar-refractivity contribution >= 4 is 23.0 Å². The van der Waals surface area contributed by atoms with Gasteiger partial charge in [-0.2, -0.15) is 0 Å². The molecule has 0 aliphatic carbocycles. The second-order valence-electron chi connectivity index (χ2n) is 7.54. The SMILES string of the molecule is Br.C=C(C)C(=O)OC(C)N(CC)CC.CCCCCCCCCCCCCC. The molecule has 0 bridgehead atoms. The van der Waals surface area contributed by atoms with E-state index < -0.39 is 0 Å². The molecule has 0 radical (unpaired) electrons. The Hall–Kier alpha value is -0.350. The average Bonchev–Trinajstić information content (AvgIpc) is 2.64. The summed E-state index contributed by atoms with van der Waals surface area (Å²) in [4.78, 5) is 13.2. The molecule has 0 aliphatic heterocycles. The van der Waals surface area contributed by atoms with Gasteiger partial charge in [0.1, 0.15) is 0 Å². The Balaban J connectivity index is -0.000000432. The average molecular weight is 465 g/mol. The summed E-state index contributed by atoms with van der Waals surface area (Å²) in [5.41, 5.74) is 0.444. The van der Waals surface area contributed by atoms with E-state index in [0.717, 1.165) is 13.1 Å². The standard InChI is InChI=1S/C14H30.C10H19NO2.BrH/c1-3-5-7-9-11-13-14-12-10-8-6-4-2;1-6-11(7-2)9(5)13-10(12)8(3)4;/h3-14H2,1-2H3;9H,3,6-7H2,1-2,4-5H3;1H. The zero-order chi connectivity index (χ0) is 20.9. The number of hydrogen-bond donors (Lipinski definition) is 0. The van der Waals surface area contributed by atoms with Crippen LogP contribution < -0.4 is 0 Å². The normalized spacial score (nSPS) is 11.2. The maximum atomic E-state index is 11.1. The molecular formula is C24H50BrNO2. The van der Waals surface area contributed by atoms with Crippen molar-refractivity contribution in [3.63, 3.8) is 0 Å². The predicted octanol–water partition coefficient (Wildman–Crippen LogP) is 8.08. The highest BCUT2D eigenvalue weighted by Gasteiger charge is 2.14. The van der Waals surface area contributed by atoms with E-state index >= 15 is 0 Å². The van der Waals surface area contributed by atoms with Gasteiger partial charge in [0.05, 0.1) is 0 Å². The molecule has 1 atom stereocenters.